The summed E-state index contributed by atoms with van der Waals surface area (Å²) in [5.41, 5.74) is 1.45. The SMILES string of the molecule is O=C(Nc1ccc(C(=O)N2CCC[C@@H]2C2CCCCC2)cc1)NC1CC1. The number of anilines is 1. The van der Waals surface area contributed by atoms with Gasteiger partial charge in [-0.2, -0.15) is 0 Å². The zero-order chi connectivity index (χ0) is 17.9. The van der Waals surface area contributed by atoms with Gasteiger partial charge in [-0.1, -0.05) is 19.3 Å². The Morgan fingerprint density at radius 1 is 0.885 bits per heavy atom. The topological polar surface area (TPSA) is 61.4 Å². The van der Waals surface area contributed by atoms with Gasteiger partial charge in [-0.05, 0) is 68.7 Å². The normalized spacial score (nSPS) is 23.7. The van der Waals surface area contributed by atoms with Crippen molar-refractivity contribution in [1.82, 2.24) is 10.2 Å². The number of carbonyl (C=O) groups is 2. The molecule has 2 aliphatic carbocycles. The smallest absolute Gasteiger partial charge is 0.319 e. The van der Waals surface area contributed by atoms with Crippen molar-refractivity contribution < 1.29 is 9.59 Å². The van der Waals surface area contributed by atoms with Crippen LogP contribution in [0.4, 0.5) is 10.5 Å². The lowest BCUT2D eigenvalue weighted by Gasteiger charge is -2.34. The molecule has 3 amide bonds. The summed E-state index contributed by atoms with van der Waals surface area (Å²) in [6.07, 6.45) is 10.9. The van der Waals surface area contributed by atoms with E-state index in [1.165, 1.54) is 32.1 Å². The summed E-state index contributed by atoms with van der Waals surface area (Å²) in [7, 11) is 0. The molecule has 140 valence electrons. The van der Waals surface area contributed by atoms with Crippen LogP contribution in [0.15, 0.2) is 24.3 Å². The molecule has 0 unspecified atom stereocenters. The van der Waals surface area contributed by atoms with Crippen LogP contribution in [0.1, 0.15) is 68.1 Å². The summed E-state index contributed by atoms with van der Waals surface area (Å²) in [4.78, 5) is 26.9. The second kappa shape index (κ2) is 7.68. The van der Waals surface area contributed by atoms with Crippen molar-refractivity contribution in [3.63, 3.8) is 0 Å². The van der Waals surface area contributed by atoms with E-state index in [2.05, 4.69) is 15.5 Å². The highest BCUT2D eigenvalue weighted by molar-refractivity contribution is 5.96. The number of carbonyl (C=O) groups excluding carboxylic acids is 2. The molecule has 1 aromatic rings. The molecule has 3 aliphatic rings. The number of rotatable bonds is 4. The third-order valence-corrected chi connectivity index (χ3v) is 6.06. The van der Waals surface area contributed by atoms with E-state index in [1.807, 2.05) is 24.3 Å². The molecular weight excluding hydrogens is 326 g/mol. The Morgan fingerprint density at radius 2 is 1.62 bits per heavy atom. The largest absolute Gasteiger partial charge is 0.335 e. The average Bonchev–Trinajstić information content (AvgIpc) is 3.34. The Labute approximate surface area is 155 Å². The summed E-state index contributed by atoms with van der Waals surface area (Å²) in [5, 5.41) is 5.74. The number of benzene rings is 1. The predicted molar refractivity (Wildman–Crippen MR) is 102 cm³/mol. The number of hydrogen-bond acceptors (Lipinski definition) is 2. The van der Waals surface area contributed by atoms with Crippen LogP contribution in [-0.4, -0.2) is 35.5 Å². The summed E-state index contributed by atoms with van der Waals surface area (Å²) in [5.74, 6) is 0.828. The van der Waals surface area contributed by atoms with Gasteiger partial charge in [0.1, 0.15) is 0 Å². The molecule has 1 heterocycles. The molecular formula is C21H29N3O2. The van der Waals surface area contributed by atoms with Crippen LogP contribution in [-0.2, 0) is 0 Å². The van der Waals surface area contributed by atoms with Crippen LogP contribution in [0.3, 0.4) is 0 Å². The van der Waals surface area contributed by atoms with Crippen LogP contribution in [0.25, 0.3) is 0 Å². The summed E-state index contributed by atoms with van der Waals surface area (Å²) < 4.78 is 0. The Hall–Kier alpha value is -2.04. The zero-order valence-electron chi connectivity index (χ0n) is 15.4. The Bertz CT molecular complexity index is 648. The fourth-order valence-electron chi connectivity index (χ4n) is 4.50. The van der Waals surface area contributed by atoms with Crippen molar-refractivity contribution in [3.8, 4) is 0 Å². The van der Waals surface area contributed by atoms with E-state index in [1.54, 1.807) is 0 Å². The van der Waals surface area contributed by atoms with Crippen LogP contribution in [0.2, 0.25) is 0 Å². The van der Waals surface area contributed by atoms with E-state index in [0.29, 0.717) is 18.0 Å². The molecule has 1 saturated heterocycles. The van der Waals surface area contributed by atoms with Crippen molar-refractivity contribution in [3.05, 3.63) is 29.8 Å². The Balaban J connectivity index is 1.38. The highest BCUT2D eigenvalue weighted by Gasteiger charge is 2.35. The maximum atomic E-state index is 13.0. The quantitative estimate of drug-likeness (QED) is 0.852. The highest BCUT2D eigenvalue weighted by Crippen LogP contribution is 2.35. The van der Waals surface area contributed by atoms with E-state index in [4.69, 9.17) is 0 Å². The van der Waals surface area contributed by atoms with Gasteiger partial charge in [-0.3, -0.25) is 4.79 Å². The van der Waals surface area contributed by atoms with Gasteiger partial charge in [0.2, 0.25) is 0 Å². The van der Waals surface area contributed by atoms with Crippen molar-refractivity contribution in [1.29, 1.82) is 0 Å². The number of nitrogens with one attached hydrogen (secondary N) is 2. The number of nitrogens with zero attached hydrogens (tertiary/aromatic N) is 1. The summed E-state index contributed by atoms with van der Waals surface area (Å²) in [6.45, 7) is 0.879. The van der Waals surface area contributed by atoms with Crippen LogP contribution in [0.5, 0.6) is 0 Å². The minimum atomic E-state index is -0.163. The molecule has 1 aliphatic heterocycles. The first-order valence-corrected chi connectivity index (χ1v) is 10.2. The van der Waals surface area contributed by atoms with Crippen LogP contribution in [0, 0.1) is 5.92 Å². The third-order valence-electron chi connectivity index (χ3n) is 6.06. The summed E-state index contributed by atoms with van der Waals surface area (Å²) in [6, 6.07) is 7.92. The van der Waals surface area contributed by atoms with E-state index >= 15 is 0 Å². The lowest BCUT2D eigenvalue weighted by atomic mass is 9.83. The van der Waals surface area contributed by atoms with Crippen molar-refractivity contribution in [2.24, 2.45) is 5.92 Å². The molecule has 5 heteroatoms. The molecule has 0 spiro atoms. The number of hydrogen-bond donors (Lipinski definition) is 2. The minimum Gasteiger partial charge on any atom is -0.335 e. The van der Waals surface area contributed by atoms with E-state index in [0.717, 1.165) is 43.5 Å². The van der Waals surface area contributed by atoms with Crippen LogP contribution >= 0.6 is 0 Å². The third kappa shape index (κ3) is 4.02. The fourth-order valence-corrected chi connectivity index (χ4v) is 4.50. The maximum Gasteiger partial charge on any atom is 0.319 e. The van der Waals surface area contributed by atoms with E-state index < -0.39 is 0 Å². The molecule has 5 nitrogen and oxygen atoms in total. The lowest BCUT2D eigenvalue weighted by Crippen LogP contribution is -2.40. The molecule has 0 aromatic heterocycles. The average molecular weight is 355 g/mol. The molecule has 2 N–H and O–H groups in total. The monoisotopic (exact) mass is 355 g/mol. The summed E-state index contributed by atoms with van der Waals surface area (Å²) >= 11 is 0. The predicted octanol–water partition coefficient (Wildman–Crippen LogP) is 4.16. The standard InChI is InChI=1S/C21H29N3O2/c25-20(24-14-4-7-19(24)15-5-2-1-3-6-15)16-8-10-17(11-9-16)22-21(26)23-18-12-13-18/h8-11,15,18-19H,1-7,12-14H2,(H2,22,23,26)/t19-/m1/s1. The molecule has 0 radical (unpaired) electrons. The maximum absolute atomic E-state index is 13.0. The minimum absolute atomic E-state index is 0.145. The van der Waals surface area contributed by atoms with Gasteiger partial charge in [0.15, 0.2) is 0 Å². The van der Waals surface area contributed by atoms with E-state index in [9.17, 15) is 9.59 Å². The molecule has 0 bridgehead atoms. The van der Waals surface area contributed by atoms with E-state index in [-0.39, 0.29) is 11.9 Å². The molecule has 4 rings (SSSR count). The Morgan fingerprint density at radius 3 is 2.31 bits per heavy atom. The molecule has 2 saturated carbocycles. The number of likely N-dealkylation sites (tertiary alicyclic amines) is 1. The van der Waals surface area contributed by atoms with Gasteiger partial charge < -0.3 is 15.5 Å². The molecule has 1 aromatic carbocycles. The van der Waals surface area contributed by atoms with Gasteiger partial charge >= 0.3 is 6.03 Å². The lowest BCUT2D eigenvalue weighted by molar-refractivity contribution is 0.0661. The van der Waals surface area contributed by atoms with Crippen molar-refractivity contribution >= 4 is 17.6 Å². The fraction of sp³-hybridized carbons (Fsp3) is 0.619. The van der Waals surface area contributed by atoms with Gasteiger partial charge in [0.25, 0.3) is 5.91 Å². The first kappa shape index (κ1) is 17.4. The first-order chi connectivity index (χ1) is 12.7. The van der Waals surface area contributed by atoms with Gasteiger partial charge in [-0.15, -0.1) is 0 Å². The second-order valence-corrected chi connectivity index (χ2v) is 8.06. The van der Waals surface area contributed by atoms with Gasteiger partial charge in [-0.25, -0.2) is 4.79 Å². The Kier molecular flexibility index (Phi) is 5.14. The highest BCUT2D eigenvalue weighted by atomic mass is 16.2. The second-order valence-electron chi connectivity index (χ2n) is 8.06. The molecule has 26 heavy (non-hydrogen) atoms. The van der Waals surface area contributed by atoms with Gasteiger partial charge in [0.05, 0.1) is 0 Å². The van der Waals surface area contributed by atoms with Crippen molar-refractivity contribution in [2.75, 3.05) is 11.9 Å². The molecule has 3 fully saturated rings. The number of amides is 3. The van der Waals surface area contributed by atoms with Crippen molar-refractivity contribution in [2.45, 2.75) is 69.9 Å². The van der Waals surface area contributed by atoms with Gasteiger partial charge in [0, 0.05) is 29.9 Å². The first-order valence-electron chi connectivity index (χ1n) is 10.2. The zero-order valence-corrected chi connectivity index (χ0v) is 15.4. The van der Waals surface area contributed by atoms with Crippen LogP contribution < -0.4 is 10.6 Å². The number of urea groups is 1. The molecule has 1 atom stereocenters.